The molecule has 1 atom stereocenters. The van der Waals surface area contributed by atoms with Crippen LogP contribution in [0.15, 0.2) is 18.3 Å². The van der Waals surface area contributed by atoms with Gasteiger partial charge in [-0.3, -0.25) is 9.59 Å². The lowest BCUT2D eigenvalue weighted by Crippen LogP contribution is -2.44. The van der Waals surface area contributed by atoms with Gasteiger partial charge < -0.3 is 16.0 Å². The van der Waals surface area contributed by atoms with Crippen molar-refractivity contribution in [2.24, 2.45) is 11.7 Å². The minimum atomic E-state index is -0.496. The van der Waals surface area contributed by atoms with Crippen molar-refractivity contribution >= 4 is 17.6 Å². The largest absolute Gasteiger partial charge is 0.369 e. The third-order valence-electron chi connectivity index (χ3n) is 5.16. The lowest BCUT2D eigenvalue weighted by Gasteiger charge is -2.25. The minimum absolute atomic E-state index is 0.157. The molecule has 2 amide bonds. The number of aromatic nitrogens is 1. The summed E-state index contributed by atoms with van der Waals surface area (Å²) in [6.07, 6.45) is 9.51. The fourth-order valence-electron chi connectivity index (χ4n) is 3.81. The van der Waals surface area contributed by atoms with Gasteiger partial charge in [0.2, 0.25) is 5.91 Å². The van der Waals surface area contributed by atoms with Gasteiger partial charge >= 0.3 is 0 Å². The number of hydrogen-bond acceptors (Lipinski definition) is 4. The predicted molar refractivity (Wildman–Crippen MR) is 92.6 cm³/mol. The third-order valence-corrected chi connectivity index (χ3v) is 5.16. The molecular formula is C18H26N4O2. The van der Waals surface area contributed by atoms with Crippen molar-refractivity contribution in [1.82, 2.24) is 9.88 Å². The number of amides is 2. The van der Waals surface area contributed by atoms with Crippen LogP contribution in [0.2, 0.25) is 0 Å². The van der Waals surface area contributed by atoms with Gasteiger partial charge in [-0.25, -0.2) is 4.98 Å². The molecule has 2 heterocycles. The molecule has 1 aromatic rings. The normalized spacial score (nSPS) is 21.7. The second kappa shape index (κ2) is 7.64. The summed E-state index contributed by atoms with van der Waals surface area (Å²) in [4.78, 5) is 30.4. The highest BCUT2D eigenvalue weighted by atomic mass is 16.2. The molecule has 1 saturated heterocycles. The van der Waals surface area contributed by atoms with E-state index in [2.05, 4.69) is 10.3 Å². The zero-order chi connectivity index (χ0) is 16.9. The monoisotopic (exact) mass is 330 g/mol. The van der Waals surface area contributed by atoms with Gasteiger partial charge in [0.1, 0.15) is 11.9 Å². The zero-order valence-corrected chi connectivity index (χ0v) is 14.0. The molecule has 3 N–H and O–H groups in total. The van der Waals surface area contributed by atoms with E-state index in [4.69, 9.17) is 5.73 Å². The first-order chi connectivity index (χ1) is 11.7. The highest BCUT2D eigenvalue weighted by Gasteiger charge is 2.34. The number of nitrogens with zero attached hydrogens (tertiary/aromatic N) is 2. The van der Waals surface area contributed by atoms with E-state index in [1.165, 1.54) is 32.1 Å². The van der Waals surface area contributed by atoms with E-state index in [-0.39, 0.29) is 5.91 Å². The second-order valence-electron chi connectivity index (χ2n) is 6.84. The number of primary amides is 1. The Hall–Kier alpha value is -2.11. The Morgan fingerprint density at radius 3 is 2.75 bits per heavy atom. The summed E-state index contributed by atoms with van der Waals surface area (Å²) in [6.45, 7) is 1.42. The van der Waals surface area contributed by atoms with Gasteiger partial charge in [-0.1, -0.05) is 19.3 Å². The molecule has 1 aromatic heterocycles. The van der Waals surface area contributed by atoms with Gasteiger partial charge in [0.25, 0.3) is 5.91 Å². The summed E-state index contributed by atoms with van der Waals surface area (Å²) in [7, 11) is 0. The van der Waals surface area contributed by atoms with E-state index in [9.17, 15) is 9.59 Å². The smallest absolute Gasteiger partial charge is 0.258 e. The Morgan fingerprint density at radius 2 is 2.00 bits per heavy atom. The Labute approximate surface area is 142 Å². The summed E-state index contributed by atoms with van der Waals surface area (Å²) in [5.41, 5.74) is 5.96. The number of nitrogens with two attached hydrogens (primary N) is 1. The molecule has 0 bridgehead atoms. The minimum Gasteiger partial charge on any atom is -0.369 e. The number of rotatable bonds is 5. The van der Waals surface area contributed by atoms with Gasteiger partial charge in [0.15, 0.2) is 0 Å². The number of carbonyl (C=O) groups excluding carboxylic acids is 2. The predicted octanol–water partition coefficient (Wildman–Crippen LogP) is 2.16. The van der Waals surface area contributed by atoms with E-state index in [1.807, 2.05) is 0 Å². The van der Waals surface area contributed by atoms with Crippen molar-refractivity contribution in [3.8, 4) is 0 Å². The van der Waals surface area contributed by atoms with Crippen LogP contribution in [0.25, 0.3) is 0 Å². The van der Waals surface area contributed by atoms with Crippen LogP contribution in [-0.2, 0) is 4.79 Å². The molecular weight excluding hydrogens is 304 g/mol. The number of nitrogens with one attached hydrogen (secondary N) is 1. The SMILES string of the molecule is NC(=O)C1CCCN1C(=O)c1cccnc1NCC1CCCCC1. The highest BCUT2D eigenvalue weighted by molar-refractivity contribution is 6.01. The molecule has 0 radical (unpaired) electrons. The number of pyridine rings is 1. The highest BCUT2D eigenvalue weighted by Crippen LogP contribution is 2.26. The molecule has 130 valence electrons. The first kappa shape index (κ1) is 16.7. The van der Waals surface area contributed by atoms with Crippen LogP contribution in [0.3, 0.4) is 0 Å². The van der Waals surface area contributed by atoms with E-state index in [0.717, 1.165) is 13.0 Å². The molecule has 3 rings (SSSR count). The number of likely N-dealkylation sites (tertiary alicyclic amines) is 1. The zero-order valence-electron chi connectivity index (χ0n) is 14.0. The molecule has 0 spiro atoms. The molecule has 6 nitrogen and oxygen atoms in total. The van der Waals surface area contributed by atoms with Crippen LogP contribution in [0.1, 0.15) is 55.3 Å². The average Bonchev–Trinajstić information content (AvgIpc) is 3.10. The fourth-order valence-corrected chi connectivity index (χ4v) is 3.81. The molecule has 24 heavy (non-hydrogen) atoms. The quantitative estimate of drug-likeness (QED) is 0.866. The van der Waals surface area contributed by atoms with Gasteiger partial charge in [-0.15, -0.1) is 0 Å². The van der Waals surface area contributed by atoms with Crippen molar-refractivity contribution in [3.05, 3.63) is 23.9 Å². The number of carbonyl (C=O) groups is 2. The lowest BCUT2D eigenvalue weighted by molar-refractivity contribution is -0.121. The van der Waals surface area contributed by atoms with E-state index >= 15 is 0 Å². The second-order valence-corrected chi connectivity index (χ2v) is 6.84. The van der Waals surface area contributed by atoms with Crippen LogP contribution in [0.4, 0.5) is 5.82 Å². The molecule has 6 heteroatoms. The Bertz CT molecular complexity index is 598. The molecule has 2 aliphatic rings. The van der Waals surface area contributed by atoms with Crippen molar-refractivity contribution in [1.29, 1.82) is 0 Å². The Kier molecular flexibility index (Phi) is 5.33. The van der Waals surface area contributed by atoms with Crippen LogP contribution >= 0.6 is 0 Å². The van der Waals surface area contributed by atoms with Crippen LogP contribution in [0, 0.1) is 5.92 Å². The maximum absolute atomic E-state index is 12.9. The van der Waals surface area contributed by atoms with E-state index in [1.54, 1.807) is 23.2 Å². The summed E-state index contributed by atoms with van der Waals surface area (Å²) in [5.74, 6) is 0.675. The Balaban J connectivity index is 1.71. The maximum atomic E-state index is 12.9. The first-order valence-corrected chi connectivity index (χ1v) is 8.96. The number of anilines is 1. The summed E-state index contributed by atoms with van der Waals surface area (Å²) in [6, 6.07) is 3.03. The third kappa shape index (κ3) is 3.68. The van der Waals surface area contributed by atoms with Gasteiger partial charge in [0.05, 0.1) is 5.56 Å². The average molecular weight is 330 g/mol. The van der Waals surface area contributed by atoms with Crippen LogP contribution in [-0.4, -0.2) is 40.8 Å². The fraction of sp³-hybridized carbons (Fsp3) is 0.611. The molecule has 1 unspecified atom stereocenters. The van der Waals surface area contributed by atoms with Gasteiger partial charge in [0, 0.05) is 19.3 Å². The van der Waals surface area contributed by atoms with Crippen LogP contribution in [0.5, 0.6) is 0 Å². The molecule has 0 aromatic carbocycles. The summed E-state index contributed by atoms with van der Waals surface area (Å²) < 4.78 is 0. The molecule has 1 aliphatic heterocycles. The van der Waals surface area contributed by atoms with Crippen molar-refractivity contribution in [2.75, 3.05) is 18.4 Å². The Morgan fingerprint density at radius 1 is 1.21 bits per heavy atom. The van der Waals surface area contributed by atoms with Crippen molar-refractivity contribution in [3.63, 3.8) is 0 Å². The van der Waals surface area contributed by atoms with Crippen molar-refractivity contribution < 1.29 is 9.59 Å². The molecule has 1 aliphatic carbocycles. The number of hydrogen-bond donors (Lipinski definition) is 2. The van der Waals surface area contributed by atoms with Crippen LogP contribution < -0.4 is 11.1 Å². The molecule has 1 saturated carbocycles. The maximum Gasteiger partial charge on any atom is 0.258 e. The van der Waals surface area contributed by atoms with Gasteiger partial charge in [-0.05, 0) is 43.7 Å². The molecule has 2 fully saturated rings. The summed E-state index contributed by atoms with van der Waals surface area (Å²) in [5, 5.41) is 3.36. The van der Waals surface area contributed by atoms with E-state index < -0.39 is 11.9 Å². The summed E-state index contributed by atoms with van der Waals surface area (Å²) >= 11 is 0. The first-order valence-electron chi connectivity index (χ1n) is 8.96. The van der Waals surface area contributed by atoms with Crippen molar-refractivity contribution in [2.45, 2.75) is 51.0 Å². The van der Waals surface area contributed by atoms with Gasteiger partial charge in [-0.2, -0.15) is 0 Å². The standard InChI is InChI=1S/C18H26N4O2/c19-16(23)15-9-5-11-22(15)18(24)14-8-4-10-20-17(14)21-12-13-6-2-1-3-7-13/h4,8,10,13,15H,1-3,5-7,9,11-12H2,(H2,19,23)(H,20,21). The van der Waals surface area contributed by atoms with E-state index in [0.29, 0.717) is 30.3 Å². The lowest BCUT2D eigenvalue weighted by atomic mass is 9.89. The topological polar surface area (TPSA) is 88.3 Å².